The number of hydrogen-bond donors (Lipinski definition) is 0. The average molecular weight is 423 g/mol. The van der Waals surface area contributed by atoms with Gasteiger partial charge in [-0.1, -0.05) is 11.6 Å². The largest absolute Gasteiger partial charge is 0.513 e. The molecule has 158 valence electrons. The van der Waals surface area contributed by atoms with Gasteiger partial charge in [-0.25, -0.2) is 4.79 Å². The van der Waals surface area contributed by atoms with Crippen LogP contribution < -0.4 is 0 Å². The second kappa shape index (κ2) is 8.34. The van der Waals surface area contributed by atoms with Crippen LogP contribution in [-0.2, 0) is 19.1 Å². The van der Waals surface area contributed by atoms with Crippen LogP contribution in [0.4, 0.5) is 4.79 Å². The average Bonchev–Trinajstić information content (AvgIpc) is 2.88. The number of piperidine rings is 1. The van der Waals surface area contributed by atoms with E-state index in [0.29, 0.717) is 47.8 Å². The molecule has 2 heterocycles. The Labute approximate surface area is 176 Å². The third-order valence-corrected chi connectivity index (χ3v) is 6.23. The van der Waals surface area contributed by atoms with Gasteiger partial charge in [0.1, 0.15) is 5.54 Å². The minimum atomic E-state index is -0.823. The highest BCUT2D eigenvalue weighted by Crippen LogP contribution is 2.47. The molecule has 0 N–H and O–H groups in total. The zero-order valence-corrected chi connectivity index (χ0v) is 18.3. The van der Waals surface area contributed by atoms with Gasteiger partial charge in [0.25, 0.3) is 5.91 Å². The van der Waals surface area contributed by atoms with Crippen molar-refractivity contribution in [3.63, 3.8) is 0 Å². The topological polar surface area (TPSA) is 68.3 Å². The number of benzene rings is 1. The number of halogens is 1. The van der Waals surface area contributed by atoms with Crippen molar-refractivity contribution in [1.29, 1.82) is 0 Å². The number of amides is 1. The maximum atomic E-state index is 13.4. The summed E-state index contributed by atoms with van der Waals surface area (Å²) in [5, 5.41) is 2.27. The monoisotopic (exact) mass is 422 g/mol. The van der Waals surface area contributed by atoms with Gasteiger partial charge < -0.3 is 19.2 Å². The summed E-state index contributed by atoms with van der Waals surface area (Å²) in [4.78, 5) is 32.6. The second-order valence-electron chi connectivity index (χ2n) is 7.41. The number of hydroxylamine groups is 2. The van der Waals surface area contributed by atoms with Gasteiger partial charge in [-0.05, 0) is 56.9 Å². The van der Waals surface area contributed by atoms with Crippen molar-refractivity contribution in [3.05, 3.63) is 39.6 Å². The lowest BCUT2D eigenvalue weighted by Gasteiger charge is -2.43. The first-order chi connectivity index (χ1) is 13.7. The minimum absolute atomic E-state index is 0.181. The van der Waals surface area contributed by atoms with E-state index in [4.69, 9.17) is 25.9 Å². The van der Waals surface area contributed by atoms with Gasteiger partial charge in [0.2, 0.25) is 0 Å². The molecule has 1 saturated heterocycles. The van der Waals surface area contributed by atoms with Crippen LogP contribution in [0.2, 0.25) is 5.02 Å². The fraction of sp³-hybridized carbons (Fsp3) is 0.524. The highest BCUT2D eigenvalue weighted by Gasteiger charge is 2.54. The van der Waals surface area contributed by atoms with E-state index in [1.807, 2.05) is 31.0 Å². The maximum absolute atomic E-state index is 13.4. The van der Waals surface area contributed by atoms with Crippen LogP contribution in [0.5, 0.6) is 0 Å². The number of likely N-dealkylation sites (N-methyl/N-ethyl adjacent to an activating group) is 1. The number of hydrogen-bond acceptors (Lipinski definition) is 6. The van der Waals surface area contributed by atoms with E-state index in [0.717, 1.165) is 11.1 Å². The van der Waals surface area contributed by atoms with Crippen molar-refractivity contribution in [2.75, 3.05) is 33.9 Å². The Morgan fingerprint density at radius 2 is 1.83 bits per heavy atom. The van der Waals surface area contributed by atoms with Crippen LogP contribution in [0.3, 0.4) is 0 Å². The van der Waals surface area contributed by atoms with Crippen LogP contribution in [0.25, 0.3) is 5.57 Å². The van der Waals surface area contributed by atoms with Crippen molar-refractivity contribution in [2.45, 2.75) is 39.2 Å². The molecule has 7 nitrogen and oxygen atoms in total. The van der Waals surface area contributed by atoms with E-state index < -0.39 is 11.7 Å². The molecule has 0 saturated carbocycles. The molecule has 0 radical (unpaired) electrons. The Morgan fingerprint density at radius 1 is 1.21 bits per heavy atom. The van der Waals surface area contributed by atoms with Gasteiger partial charge in [0, 0.05) is 30.7 Å². The lowest BCUT2D eigenvalue weighted by atomic mass is 9.85. The lowest BCUT2D eigenvalue weighted by Crippen LogP contribution is -2.53. The van der Waals surface area contributed by atoms with Crippen LogP contribution >= 0.6 is 11.6 Å². The van der Waals surface area contributed by atoms with Crippen LogP contribution in [0, 0.1) is 13.8 Å². The summed E-state index contributed by atoms with van der Waals surface area (Å²) >= 11 is 6.53. The fourth-order valence-corrected chi connectivity index (χ4v) is 4.34. The molecule has 1 fully saturated rings. The molecule has 0 bridgehead atoms. The van der Waals surface area contributed by atoms with E-state index in [1.165, 1.54) is 0 Å². The van der Waals surface area contributed by atoms with Crippen molar-refractivity contribution in [2.24, 2.45) is 0 Å². The molecule has 0 aromatic heterocycles. The SMILES string of the molecule is CCOC(=O)OC1=C(c2cc(C)c(C)cc2Cl)C(=O)N(C)C12CCN(OC)CC2. The molecule has 1 spiro atoms. The molecule has 8 heteroatoms. The lowest BCUT2D eigenvalue weighted by molar-refractivity contribution is -0.162. The third-order valence-electron chi connectivity index (χ3n) is 5.92. The van der Waals surface area contributed by atoms with E-state index >= 15 is 0 Å². The van der Waals surface area contributed by atoms with Gasteiger partial charge in [-0.15, -0.1) is 0 Å². The molecule has 1 aromatic rings. The van der Waals surface area contributed by atoms with E-state index in [1.54, 1.807) is 26.0 Å². The van der Waals surface area contributed by atoms with Gasteiger partial charge in [0.15, 0.2) is 5.76 Å². The molecule has 1 amide bonds. The number of nitrogens with zero attached hydrogens (tertiary/aromatic N) is 2. The van der Waals surface area contributed by atoms with Crippen LogP contribution in [0.15, 0.2) is 17.9 Å². The predicted octanol–water partition coefficient (Wildman–Crippen LogP) is 3.71. The van der Waals surface area contributed by atoms with Crippen molar-refractivity contribution in [3.8, 4) is 0 Å². The molecular weight excluding hydrogens is 396 g/mol. The quantitative estimate of drug-likeness (QED) is 0.689. The zero-order chi connectivity index (χ0) is 21.3. The summed E-state index contributed by atoms with van der Waals surface area (Å²) in [6, 6.07) is 3.70. The van der Waals surface area contributed by atoms with Crippen LogP contribution in [-0.4, -0.2) is 61.4 Å². The first-order valence-corrected chi connectivity index (χ1v) is 10.1. The summed E-state index contributed by atoms with van der Waals surface area (Å²) in [7, 11) is 3.36. The van der Waals surface area contributed by atoms with E-state index in [-0.39, 0.29) is 12.5 Å². The van der Waals surface area contributed by atoms with Crippen molar-refractivity contribution in [1.82, 2.24) is 9.96 Å². The highest BCUT2D eigenvalue weighted by atomic mass is 35.5. The van der Waals surface area contributed by atoms with Crippen molar-refractivity contribution >= 4 is 29.2 Å². The van der Waals surface area contributed by atoms with E-state index in [9.17, 15) is 9.59 Å². The standard InChI is InChI=1S/C21H27ClN2O5/c1-6-28-20(26)29-18-17(15-11-13(2)14(3)12-16(15)22)19(25)23(4)21(18)7-9-24(27-5)10-8-21/h11-12H,6-10H2,1-5H3. The Bertz CT molecular complexity index is 859. The molecule has 2 aliphatic heterocycles. The Hall–Kier alpha value is -2.09. The van der Waals surface area contributed by atoms with Crippen molar-refractivity contribution < 1.29 is 23.9 Å². The minimum Gasteiger partial charge on any atom is -0.434 e. The molecule has 1 aromatic carbocycles. The number of aryl methyl sites for hydroxylation is 2. The number of carbonyl (C=O) groups is 2. The third kappa shape index (κ3) is 3.74. The van der Waals surface area contributed by atoms with E-state index in [2.05, 4.69) is 0 Å². The Balaban J connectivity index is 2.16. The van der Waals surface area contributed by atoms with Gasteiger partial charge in [-0.2, -0.15) is 5.06 Å². The number of rotatable bonds is 4. The first-order valence-electron chi connectivity index (χ1n) is 9.68. The molecule has 3 rings (SSSR count). The summed E-state index contributed by atoms with van der Waals surface area (Å²) in [6.07, 6.45) is 0.296. The smallest absolute Gasteiger partial charge is 0.434 e. The zero-order valence-electron chi connectivity index (χ0n) is 17.5. The summed E-state index contributed by atoms with van der Waals surface area (Å²) < 4.78 is 10.7. The molecular formula is C21H27ClN2O5. The van der Waals surface area contributed by atoms with Crippen LogP contribution in [0.1, 0.15) is 36.5 Å². The maximum Gasteiger partial charge on any atom is 0.513 e. The molecule has 0 atom stereocenters. The number of ether oxygens (including phenoxy) is 2. The Morgan fingerprint density at radius 3 is 2.41 bits per heavy atom. The molecule has 0 unspecified atom stereocenters. The van der Waals surface area contributed by atoms with Gasteiger partial charge >= 0.3 is 6.16 Å². The molecule has 29 heavy (non-hydrogen) atoms. The molecule has 2 aliphatic rings. The fourth-order valence-electron chi connectivity index (χ4n) is 4.03. The molecule has 0 aliphatic carbocycles. The summed E-state index contributed by atoms with van der Waals surface area (Å²) in [6.45, 7) is 6.99. The van der Waals surface area contributed by atoms with Gasteiger partial charge in [0.05, 0.1) is 19.3 Å². The highest BCUT2D eigenvalue weighted by molar-refractivity contribution is 6.35. The summed E-state index contributed by atoms with van der Waals surface area (Å²) in [5.74, 6) is 0.0877. The second-order valence-corrected chi connectivity index (χ2v) is 7.82. The number of carbonyl (C=O) groups excluding carboxylic acids is 2. The Kier molecular flexibility index (Phi) is 6.22. The predicted molar refractivity (Wildman–Crippen MR) is 109 cm³/mol. The first kappa shape index (κ1) is 21.6. The van der Waals surface area contributed by atoms with Gasteiger partial charge in [-0.3, -0.25) is 4.79 Å². The summed E-state index contributed by atoms with van der Waals surface area (Å²) in [5.41, 5.74) is 2.15. The normalized spacial score (nSPS) is 19.2.